The first-order valence-electron chi connectivity index (χ1n) is 3.39. The van der Waals surface area contributed by atoms with Crippen molar-refractivity contribution in [3.05, 3.63) is 24.3 Å². The van der Waals surface area contributed by atoms with E-state index < -0.39 is 0 Å². The van der Waals surface area contributed by atoms with Crippen molar-refractivity contribution in [1.29, 1.82) is 0 Å². The summed E-state index contributed by atoms with van der Waals surface area (Å²) < 4.78 is 0. The molecule has 1 fully saturated rings. The van der Waals surface area contributed by atoms with Crippen LogP contribution in [0.5, 0.6) is 0 Å². The van der Waals surface area contributed by atoms with Crippen LogP contribution in [0.1, 0.15) is 0 Å². The van der Waals surface area contributed by atoms with Gasteiger partial charge in [-0.05, 0) is 11.8 Å². The van der Waals surface area contributed by atoms with Crippen LogP contribution in [-0.4, -0.2) is 11.5 Å². The van der Waals surface area contributed by atoms with Crippen molar-refractivity contribution in [2.24, 2.45) is 11.8 Å². The fourth-order valence-electron chi connectivity index (χ4n) is 1.40. The summed E-state index contributed by atoms with van der Waals surface area (Å²) in [6, 6.07) is 0. The van der Waals surface area contributed by atoms with Crippen molar-refractivity contribution < 1.29 is 0 Å². The maximum atomic E-state index is 2.34. The van der Waals surface area contributed by atoms with Gasteiger partial charge in [0.1, 0.15) is 0 Å². The van der Waals surface area contributed by atoms with Crippen LogP contribution >= 0.6 is 11.8 Å². The quantitative estimate of drug-likeness (QED) is 0.494. The topological polar surface area (TPSA) is 0 Å². The zero-order valence-electron chi connectivity index (χ0n) is 5.29. The number of fused-ring (bicyclic) bond motifs is 1. The van der Waals surface area contributed by atoms with Crippen LogP contribution in [0.4, 0.5) is 0 Å². The van der Waals surface area contributed by atoms with Gasteiger partial charge in [-0.15, -0.1) is 0 Å². The number of rotatable bonds is 0. The molecule has 1 aliphatic heterocycles. The van der Waals surface area contributed by atoms with Crippen molar-refractivity contribution in [2.75, 3.05) is 11.5 Å². The highest BCUT2D eigenvalue weighted by atomic mass is 32.2. The lowest BCUT2D eigenvalue weighted by molar-refractivity contribution is 0.595. The van der Waals surface area contributed by atoms with Gasteiger partial charge in [-0.1, -0.05) is 24.3 Å². The molecule has 0 bridgehead atoms. The molecule has 0 N–H and O–H groups in total. The van der Waals surface area contributed by atoms with E-state index in [9.17, 15) is 0 Å². The lowest BCUT2D eigenvalue weighted by Gasteiger charge is -2.12. The second-order valence-electron chi connectivity index (χ2n) is 2.63. The van der Waals surface area contributed by atoms with Crippen LogP contribution in [0.3, 0.4) is 0 Å². The molecule has 1 aliphatic carbocycles. The summed E-state index contributed by atoms with van der Waals surface area (Å²) in [4.78, 5) is 0. The average molecular weight is 138 g/mol. The molecule has 2 rings (SSSR count). The molecule has 1 heterocycles. The fraction of sp³-hybridized carbons (Fsp3) is 0.500. The molecule has 0 aromatic carbocycles. The highest BCUT2D eigenvalue weighted by Gasteiger charge is 2.23. The molecule has 0 amide bonds. The Morgan fingerprint density at radius 2 is 1.56 bits per heavy atom. The van der Waals surface area contributed by atoms with Crippen LogP contribution in [-0.2, 0) is 0 Å². The highest BCUT2D eigenvalue weighted by Crippen LogP contribution is 2.33. The minimum Gasteiger partial charge on any atom is -0.161 e. The van der Waals surface area contributed by atoms with Crippen molar-refractivity contribution in [3.63, 3.8) is 0 Å². The SMILES string of the molecule is C1=C[C@H]2CSC[C@@H]2C=C1. The molecule has 0 aromatic heterocycles. The van der Waals surface area contributed by atoms with Gasteiger partial charge >= 0.3 is 0 Å². The summed E-state index contributed by atoms with van der Waals surface area (Å²) in [7, 11) is 0. The van der Waals surface area contributed by atoms with Gasteiger partial charge in [0.05, 0.1) is 0 Å². The van der Waals surface area contributed by atoms with Crippen molar-refractivity contribution in [2.45, 2.75) is 0 Å². The van der Waals surface area contributed by atoms with Crippen LogP contribution in [0, 0.1) is 11.8 Å². The summed E-state index contributed by atoms with van der Waals surface area (Å²) in [5, 5.41) is 0. The number of hydrogen-bond donors (Lipinski definition) is 0. The molecule has 0 saturated carbocycles. The number of thioether (sulfide) groups is 1. The van der Waals surface area contributed by atoms with Crippen LogP contribution in [0.25, 0.3) is 0 Å². The monoisotopic (exact) mass is 138 g/mol. The first-order valence-corrected chi connectivity index (χ1v) is 4.55. The van der Waals surface area contributed by atoms with Gasteiger partial charge in [0, 0.05) is 11.5 Å². The summed E-state index contributed by atoms with van der Waals surface area (Å²) in [6.45, 7) is 0. The standard InChI is InChI=1S/C8H10S/c1-2-4-8-6-9-5-7(8)3-1/h1-4,7-8H,5-6H2/t7-,8-/m0/s1. The van der Waals surface area contributed by atoms with E-state index in [0.29, 0.717) is 0 Å². The zero-order chi connectivity index (χ0) is 6.10. The van der Waals surface area contributed by atoms with Crippen molar-refractivity contribution in [1.82, 2.24) is 0 Å². The number of allylic oxidation sites excluding steroid dienone is 4. The predicted octanol–water partition coefficient (Wildman–Crippen LogP) is 2.09. The molecule has 48 valence electrons. The van der Waals surface area contributed by atoms with Gasteiger partial charge in [-0.2, -0.15) is 11.8 Å². The molecule has 0 radical (unpaired) electrons. The molecule has 2 atom stereocenters. The largest absolute Gasteiger partial charge is 0.161 e. The van der Waals surface area contributed by atoms with Crippen LogP contribution in [0.2, 0.25) is 0 Å². The lowest BCUT2D eigenvalue weighted by atomic mass is 9.92. The minimum absolute atomic E-state index is 0.861. The summed E-state index contributed by atoms with van der Waals surface area (Å²) in [5.41, 5.74) is 0. The Kier molecular flexibility index (Phi) is 1.38. The smallest absolute Gasteiger partial charge is 0.000183 e. The van der Waals surface area contributed by atoms with Gasteiger partial charge in [-0.25, -0.2) is 0 Å². The van der Waals surface area contributed by atoms with E-state index in [-0.39, 0.29) is 0 Å². The van der Waals surface area contributed by atoms with E-state index >= 15 is 0 Å². The third-order valence-corrected chi connectivity index (χ3v) is 3.24. The van der Waals surface area contributed by atoms with Crippen LogP contribution in [0.15, 0.2) is 24.3 Å². The molecule has 0 aromatic rings. The lowest BCUT2D eigenvalue weighted by Crippen LogP contribution is -2.08. The maximum Gasteiger partial charge on any atom is 0.000183 e. The normalized spacial score (nSPS) is 39.1. The second kappa shape index (κ2) is 2.22. The Morgan fingerprint density at radius 1 is 1.00 bits per heavy atom. The van der Waals surface area contributed by atoms with E-state index in [1.165, 1.54) is 11.5 Å². The van der Waals surface area contributed by atoms with E-state index in [2.05, 4.69) is 36.1 Å². The molecule has 1 saturated heterocycles. The molecule has 0 nitrogen and oxygen atoms in total. The van der Waals surface area contributed by atoms with Crippen LogP contribution < -0.4 is 0 Å². The Labute approximate surface area is 60.0 Å². The first-order chi connectivity index (χ1) is 4.47. The fourth-order valence-corrected chi connectivity index (χ4v) is 2.79. The van der Waals surface area contributed by atoms with Gasteiger partial charge < -0.3 is 0 Å². The van der Waals surface area contributed by atoms with E-state index in [0.717, 1.165) is 11.8 Å². The molecule has 0 spiro atoms. The van der Waals surface area contributed by atoms with E-state index in [4.69, 9.17) is 0 Å². The molecule has 0 unspecified atom stereocenters. The highest BCUT2D eigenvalue weighted by molar-refractivity contribution is 7.99. The third kappa shape index (κ3) is 0.940. The Morgan fingerprint density at radius 3 is 2.11 bits per heavy atom. The molecule has 9 heavy (non-hydrogen) atoms. The van der Waals surface area contributed by atoms with Gasteiger partial charge in [0.2, 0.25) is 0 Å². The second-order valence-corrected chi connectivity index (χ2v) is 3.71. The molecular weight excluding hydrogens is 128 g/mol. The zero-order valence-corrected chi connectivity index (χ0v) is 6.10. The third-order valence-electron chi connectivity index (χ3n) is 2.00. The van der Waals surface area contributed by atoms with Gasteiger partial charge in [0.25, 0.3) is 0 Å². The minimum atomic E-state index is 0.861. The summed E-state index contributed by atoms with van der Waals surface area (Å²) in [5.74, 6) is 4.40. The number of hydrogen-bond acceptors (Lipinski definition) is 1. The maximum absolute atomic E-state index is 2.34. The first kappa shape index (κ1) is 5.60. The Balaban J connectivity index is 2.18. The Bertz CT molecular complexity index is 140. The molecule has 1 heteroatoms. The van der Waals surface area contributed by atoms with Crippen molar-refractivity contribution in [3.8, 4) is 0 Å². The Hall–Kier alpha value is -0.170. The molecule has 2 aliphatic rings. The average Bonchev–Trinajstić information content (AvgIpc) is 2.33. The summed E-state index contributed by atoms with van der Waals surface area (Å²) in [6.07, 6.45) is 9.02. The van der Waals surface area contributed by atoms with Crippen molar-refractivity contribution >= 4 is 11.8 Å². The van der Waals surface area contributed by atoms with E-state index in [1.807, 2.05) is 0 Å². The van der Waals surface area contributed by atoms with Gasteiger partial charge in [-0.3, -0.25) is 0 Å². The molecular formula is C8H10S. The van der Waals surface area contributed by atoms with Gasteiger partial charge in [0.15, 0.2) is 0 Å². The summed E-state index contributed by atoms with van der Waals surface area (Å²) >= 11 is 2.08. The van der Waals surface area contributed by atoms with E-state index in [1.54, 1.807) is 0 Å². The predicted molar refractivity (Wildman–Crippen MR) is 42.6 cm³/mol.